The Labute approximate surface area is 176 Å². The standard InChI is InChI=1S/C19H11ClN4O3S2/c20-11-5-3-10(4-6-11)12-8-28-18-15(12)16(25)21-14(22-18)9-29-19-24-23-17(27-19)13-2-1-7-26-13/h1-8H,9H2,(H,21,22,25). The molecule has 0 saturated heterocycles. The van der Waals surface area contributed by atoms with E-state index in [-0.39, 0.29) is 5.56 Å². The largest absolute Gasteiger partial charge is 0.459 e. The van der Waals surface area contributed by atoms with Gasteiger partial charge in [-0.1, -0.05) is 35.5 Å². The van der Waals surface area contributed by atoms with E-state index in [0.717, 1.165) is 11.1 Å². The summed E-state index contributed by atoms with van der Waals surface area (Å²) in [5.41, 5.74) is 1.58. The first-order valence-corrected chi connectivity index (χ1v) is 10.7. The molecule has 1 aromatic carbocycles. The maximum absolute atomic E-state index is 12.7. The summed E-state index contributed by atoms with van der Waals surface area (Å²) in [4.78, 5) is 20.8. The molecule has 7 nitrogen and oxygen atoms in total. The first kappa shape index (κ1) is 18.2. The summed E-state index contributed by atoms with van der Waals surface area (Å²) >= 11 is 8.67. The van der Waals surface area contributed by atoms with Gasteiger partial charge in [-0.15, -0.1) is 21.5 Å². The summed E-state index contributed by atoms with van der Waals surface area (Å²) in [6.07, 6.45) is 1.54. The van der Waals surface area contributed by atoms with Crippen LogP contribution in [-0.4, -0.2) is 20.2 Å². The molecule has 29 heavy (non-hydrogen) atoms. The molecular weight excluding hydrogens is 432 g/mol. The molecule has 0 atom stereocenters. The van der Waals surface area contributed by atoms with Crippen LogP contribution in [-0.2, 0) is 5.75 Å². The van der Waals surface area contributed by atoms with E-state index < -0.39 is 0 Å². The highest BCUT2D eigenvalue weighted by atomic mass is 35.5. The second kappa shape index (κ2) is 7.51. The fourth-order valence-corrected chi connectivity index (χ4v) is 4.53. The minimum Gasteiger partial charge on any atom is -0.459 e. The maximum Gasteiger partial charge on any atom is 0.284 e. The summed E-state index contributed by atoms with van der Waals surface area (Å²) in [6.45, 7) is 0. The molecule has 4 aromatic heterocycles. The zero-order valence-corrected chi connectivity index (χ0v) is 17.0. The second-order valence-electron chi connectivity index (χ2n) is 5.99. The van der Waals surface area contributed by atoms with Gasteiger partial charge in [0.15, 0.2) is 5.76 Å². The number of thiophene rings is 1. The molecule has 0 unspecified atom stereocenters. The van der Waals surface area contributed by atoms with Gasteiger partial charge in [0.1, 0.15) is 10.7 Å². The van der Waals surface area contributed by atoms with Crippen molar-refractivity contribution in [3.8, 4) is 22.8 Å². The van der Waals surface area contributed by atoms with Crippen molar-refractivity contribution in [2.75, 3.05) is 0 Å². The quantitative estimate of drug-likeness (QED) is 0.371. The molecular formula is C19H11ClN4O3S2. The third-order valence-corrected chi connectivity index (χ3v) is 6.07. The molecule has 0 fully saturated rings. The van der Waals surface area contributed by atoms with Gasteiger partial charge < -0.3 is 13.8 Å². The zero-order valence-electron chi connectivity index (χ0n) is 14.6. The van der Waals surface area contributed by atoms with Gasteiger partial charge in [0.2, 0.25) is 0 Å². The number of aromatic nitrogens is 4. The number of halogens is 1. The van der Waals surface area contributed by atoms with Crippen LogP contribution in [0.1, 0.15) is 5.82 Å². The van der Waals surface area contributed by atoms with Crippen molar-refractivity contribution in [2.24, 2.45) is 0 Å². The molecule has 0 bridgehead atoms. The molecule has 5 aromatic rings. The number of H-pyrrole nitrogens is 1. The number of thioether (sulfide) groups is 1. The van der Waals surface area contributed by atoms with Gasteiger partial charge in [-0.05, 0) is 29.8 Å². The molecule has 0 aliphatic carbocycles. The molecule has 0 saturated carbocycles. The van der Waals surface area contributed by atoms with Gasteiger partial charge in [0, 0.05) is 16.0 Å². The molecule has 5 rings (SSSR count). The van der Waals surface area contributed by atoms with Crippen LogP contribution in [0.4, 0.5) is 0 Å². The Kier molecular flexibility index (Phi) is 4.70. The van der Waals surface area contributed by atoms with E-state index in [9.17, 15) is 4.79 Å². The molecule has 1 N–H and O–H groups in total. The number of hydrogen-bond donors (Lipinski definition) is 1. The van der Waals surface area contributed by atoms with Crippen LogP contribution in [0.3, 0.4) is 0 Å². The van der Waals surface area contributed by atoms with Crippen LogP contribution in [0.15, 0.2) is 66.9 Å². The number of hydrogen-bond acceptors (Lipinski definition) is 8. The fraction of sp³-hybridized carbons (Fsp3) is 0.0526. The first-order chi connectivity index (χ1) is 14.2. The lowest BCUT2D eigenvalue weighted by atomic mass is 10.1. The monoisotopic (exact) mass is 442 g/mol. The number of aromatic amines is 1. The Hall–Kier alpha value is -2.88. The predicted molar refractivity (Wildman–Crippen MR) is 112 cm³/mol. The average molecular weight is 443 g/mol. The van der Waals surface area contributed by atoms with Gasteiger partial charge >= 0.3 is 0 Å². The molecule has 0 aliphatic heterocycles. The van der Waals surface area contributed by atoms with Crippen LogP contribution in [0.25, 0.3) is 33.0 Å². The molecule has 144 valence electrons. The van der Waals surface area contributed by atoms with Crippen LogP contribution in [0.2, 0.25) is 5.02 Å². The predicted octanol–water partition coefficient (Wildman–Crippen LogP) is 5.24. The molecule has 10 heteroatoms. The molecule has 4 heterocycles. The summed E-state index contributed by atoms with van der Waals surface area (Å²) in [7, 11) is 0. The molecule has 0 radical (unpaired) electrons. The van der Waals surface area contributed by atoms with E-state index in [1.807, 2.05) is 17.5 Å². The topological polar surface area (TPSA) is 97.8 Å². The zero-order chi connectivity index (χ0) is 19.8. The summed E-state index contributed by atoms with van der Waals surface area (Å²) in [6, 6.07) is 10.9. The molecule has 0 amide bonds. The van der Waals surface area contributed by atoms with Gasteiger partial charge in [0.25, 0.3) is 16.7 Å². The Morgan fingerprint density at radius 3 is 2.83 bits per heavy atom. The Morgan fingerprint density at radius 1 is 1.17 bits per heavy atom. The van der Waals surface area contributed by atoms with Crippen molar-refractivity contribution in [2.45, 2.75) is 11.0 Å². The van der Waals surface area contributed by atoms with Crippen LogP contribution in [0, 0.1) is 0 Å². The van der Waals surface area contributed by atoms with Crippen LogP contribution < -0.4 is 5.56 Å². The third kappa shape index (κ3) is 3.59. The van der Waals surface area contributed by atoms with Crippen LogP contribution in [0.5, 0.6) is 0 Å². The maximum atomic E-state index is 12.7. The van der Waals surface area contributed by atoms with Crippen molar-refractivity contribution < 1.29 is 8.83 Å². The second-order valence-corrected chi connectivity index (χ2v) is 8.21. The van der Waals surface area contributed by atoms with Crippen molar-refractivity contribution in [3.63, 3.8) is 0 Å². The summed E-state index contributed by atoms with van der Waals surface area (Å²) in [5, 5.41) is 11.5. The van der Waals surface area contributed by atoms with Crippen LogP contribution >= 0.6 is 34.7 Å². The Morgan fingerprint density at radius 2 is 2.03 bits per heavy atom. The normalized spacial score (nSPS) is 11.3. The highest BCUT2D eigenvalue weighted by molar-refractivity contribution is 7.98. The van der Waals surface area contributed by atoms with E-state index in [1.165, 1.54) is 29.4 Å². The lowest BCUT2D eigenvalue weighted by Crippen LogP contribution is -2.10. The van der Waals surface area contributed by atoms with E-state index in [1.54, 1.807) is 24.3 Å². The van der Waals surface area contributed by atoms with Gasteiger partial charge in [-0.25, -0.2) is 4.98 Å². The molecule has 0 spiro atoms. The average Bonchev–Trinajstić information content (AvgIpc) is 3.47. The van der Waals surface area contributed by atoms with E-state index in [0.29, 0.717) is 43.7 Å². The minimum atomic E-state index is -0.182. The number of fused-ring (bicyclic) bond motifs is 1. The minimum absolute atomic E-state index is 0.182. The summed E-state index contributed by atoms with van der Waals surface area (Å²) in [5.74, 6) is 1.74. The SMILES string of the molecule is O=c1[nH]c(CSc2nnc(-c3ccco3)o2)nc2scc(-c3ccc(Cl)cc3)c12. The van der Waals surface area contributed by atoms with Crippen molar-refractivity contribution in [3.05, 3.63) is 69.2 Å². The first-order valence-electron chi connectivity index (χ1n) is 8.44. The van der Waals surface area contributed by atoms with E-state index >= 15 is 0 Å². The van der Waals surface area contributed by atoms with Crippen molar-refractivity contribution in [1.82, 2.24) is 20.2 Å². The number of nitrogens with one attached hydrogen (secondary N) is 1. The van der Waals surface area contributed by atoms with Crippen molar-refractivity contribution >= 4 is 44.9 Å². The van der Waals surface area contributed by atoms with Crippen molar-refractivity contribution in [1.29, 1.82) is 0 Å². The van der Waals surface area contributed by atoms with E-state index in [2.05, 4.69) is 20.2 Å². The molecule has 0 aliphatic rings. The van der Waals surface area contributed by atoms with Gasteiger partial charge in [-0.2, -0.15) is 0 Å². The van der Waals surface area contributed by atoms with E-state index in [4.69, 9.17) is 20.4 Å². The Bertz CT molecular complexity index is 1340. The highest BCUT2D eigenvalue weighted by Gasteiger charge is 2.15. The lowest BCUT2D eigenvalue weighted by molar-refractivity contribution is 0.447. The summed E-state index contributed by atoms with van der Waals surface area (Å²) < 4.78 is 10.8. The number of benzene rings is 1. The smallest absolute Gasteiger partial charge is 0.284 e. The fourth-order valence-electron chi connectivity index (χ4n) is 2.80. The Balaban J connectivity index is 1.39. The number of rotatable bonds is 5. The highest BCUT2D eigenvalue weighted by Crippen LogP contribution is 2.32. The van der Waals surface area contributed by atoms with Gasteiger partial charge in [-0.3, -0.25) is 4.79 Å². The third-order valence-electron chi connectivity index (χ3n) is 4.12. The van der Waals surface area contributed by atoms with Gasteiger partial charge in [0.05, 0.1) is 17.4 Å². The number of furan rings is 1. The lowest BCUT2D eigenvalue weighted by Gasteiger charge is -2.01. The number of nitrogens with zero attached hydrogens (tertiary/aromatic N) is 3.